The fourth-order valence-corrected chi connectivity index (χ4v) is 3.79. The number of Topliss-reactive ketones (excluding diaryl/α,β-unsaturated/α-hetero) is 1. The highest BCUT2D eigenvalue weighted by Crippen LogP contribution is 2.54. The Morgan fingerprint density at radius 3 is 2.62 bits per heavy atom. The van der Waals surface area contributed by atoms with E-state index in [4.69, 9.17) is 14.0 Å². The van der Waals surface area contributed by atoms with Crippen LogP contribution in [0.5, 0.6) is 11.5 Å². The number of nitrogens with zero attached hydrogens (tertiary/aromatic N) is 2. The molecule has 0 N–H and O–H groups in total. The van der Waals surface area contributed by atoms with E-state index in [2.05, 4.69) is 34.4 Å². The van der Waals surface area contributed by atoms with Gasteiger partial charge in [-0.1, -0.05) is 59.8 Å². The smallest absolute Gasteiger partial charge is 0.230 e. The van der Waals surface area contributed by atoms with Gasteiger partial charge < -0.3 is 14.0 Å². The van der Waals surface area contributed by atoms with Crippen molar-refractivity contribution in [2.75, 3.05) is 13.7 Å². The summed E-state index contributed by atoms with van der Waals surface area (Å²) in [6, 6.07) is 24.8. The van der Waals surface area contributed by atoms with E-state index in [0.717, 1.165) is 12.0 Å². The standard InChI is InChI=1S/C26H22N2O4/c1-30-20-11-5-9-18(13-20)24(29)16-31-21-12-6-10-19(14-21)25-27-26(32-28-25)23-15-22(23)17-7-3-2-4-8-17/h2-14,22-23H,15-16H2,1H3/t22-,23?/m0/s1. The Morgan fingerprint density at radius 2 is 1.78 bits per heavy atom. The summed E-state index contributed by atoms with van der Waals surface area (Å²) in [5, 5.41) is 4.16. The van der Waals surface area contributed by atoms with Crippen LogP contribution in [-0.2, 0) is 0 Å². The maximum atomic E-state index is 12.5. The van der Waals surface area contributed by atoms with E-state index in [1.807, 2.05) is 24.3 Å². The minimum absolute atomic E-state index is 0.0745. The Labute approximate surface area is 185 Å². The molecule has 1 heterocycles. The van der Waals surface area contributed by atoms with Crippen molar-refractivity contribution in [1.29, 1.82) is 0 Å². The number of hydrogen-bond donors (Lipinski definition) is 0. The van der Waals surface area contributed by atoms with E-state index >= 15 is 0 Å². The second-order valence-electron chi connectivity index (χ2n) is 7.79. The second-order valence-corrected chi connectivity index (χ2v) is 7.79. The first-order valence-electron chi connectivity index (χ1n) is 10.5. The zero-order valence-electron chi connectivity index (χ0n) is 17.6. The van der Waals surface area contributed by atoms with Gasteiger partial charge in [0.15, 0.2) is 12.4 Å². The van der Waals surface area contributed by atoms with Crippen LogP contribution in [0.2, 0.25) is 0 Å². The van der Waals surface area contributed by atoms with Crippen molar-refractivity contribution < 1.29 is 18.8 Å². The van der Waals surface area contributed by atoms with Crippen LogP contribution in [0, 0.1) is 0 Å². The normalized spacial score (nSPS) is 17.0. The first kappa shape index (κ1) is 20.0. The van der Waals surface area contributed by atoms with Gasteiger partial charge in [-0.2, -0.15) is 4.98 Å². The molecule has 0 amide bonds. The lowest BCUT2D eigenvalue weighted by molar-refractivity contribution is 0.0921. The van der Waals surface area contributed by atoms with E-state index in [1.165, 1.54) is 5.56 Å². The molecule has 160 valence electrons. The van der Waals surface area contributed by atoms with E-state index < -0.39 is 0 Å². The number of benzene rings is 3. The zero-order chi connectivity index (χ0) is 21.9. The Balaban J connectivity index is 1.24. The predicted octanol–water partition coefficient (Wildman–Crippen LogP) is 5.28. The molecule has 2 atom stereocenters. The maximum Gasteiger partial charge on any atom is 0.230 e. The Morgan fingerprint density at radius 1 is 0.969 bits per heavy atom. The summed E-state index contributed by atoms with van der Waals surface area (Å²) in [5.41, 5.74) is 2.62. The molecule has 4 aromatic rings. The highest BCUT2D eigenvalue weighted by Gasteiger charge is 2.43. The molecule has 1 unspecified atom stereocenters. The number of carbonyl (C=O) groups excluding carboxylic acids is 1. The first-order chi connectivity index (χ1) is 15.7. The van der Waals surface area contributed by atoms with E-state index in [-0.39, 0.29) is 18.3 Å². The van der Waals surface area contributed by atoms with Crippen LogP contribution in [0.25, 0.3) is 11.4 Å². The van der Waals surface area contributed by atoms with Gasteiger partial charge in [-0.15, -0.1) is 0 Å². The molecule has 6 nitrogen and oxygen atoms in total. The summed E-state index contributed by atoms with van der Waals surface area (Å²) in [7, 11) is 1.57. The van der Waals surface area contributed by atoms with Gasteiger partial charge in [0, 0.05) is 17.0 Å². The minimum Gasteiger partial charge on any atom is -0.497 e. The third kappa shape index (κ3) is 4.25. The zero-order valence-corrected chi connectivity index (χ0v) is 17.6. The van der Waals surface area contributed by atoms with Crippen LogP contribution in [0.3, 0.4) is 0 Å². The Hall–Kier alpha value is -3.93. The number of methoxy groups -OCH3 is 1. The van der Waals surface area contributed by atoms with Gasteiger partial charge in [-0.3, -0.25) is 4.79 Å². The number of rotatable bonds is 8. The molecule has 1 saturated carbocycles. The molecule has 0 spiro atoms. The third-order valence-electron chi connectivity index (χ3n) is 5.63. The van der Waals surface area contributed by atoms with Gasteiger partial charge in [0.2, 0.25) is 11.7 Å². The Bertz CT molecular complexity index is 1240. The average molecular weight is 426 g/mol. The van der Waals surface area contributed by atoms with Crippen molar-refractivity contribution in [1.82, 2.24) is 10.1 Å². The van der Waals surface area contributed by atoms with Crippen molar-refractivity contribution in [2.45, 2.75) is 18.3 Å². The maximum absolute atomic E-state index is 12.5. The van der Waals surface area contributed by atoms with Gasteiger partial charge in [0.1, 0.15) is 11.5 Å². The number of aromatic nitrogens is 2. The fraction of sp³-hybridized carbons (Fsp3) is 0.192. The molecule has 0 saturated heterocycles. The van der Waals surface area contributed by atoms with Crippen LogP contribution >= 0.6 is 0 Å². The summed E-state index contributed by atoms with van der Waals surface area (Å²) < 4.78 is 16.4. The number of ether oxygens (including phenoxy) is 2. The van der Waals surface area contributed by atoms with Gasteiger partial charge in [-0.05, 0) is 42.2 Å². The van der Waals surface area contributed by atoms with E-state index in [1.54, 1.807) is 37.4 Å². The van der Waals surface area contributed by atoms with Gasteiger partial charge in [-0.25, -0.2) is 0 Å². The van der Waals surface area contributed by atoms with Crippen LogP contribution in [-0.4, -0.2) is 29.6 Å². The lowest BCUT2D eigenvalue weighted by Gasteiger charge is -2.07. The lowest BCUT2D eigenvalue weighted by atomic mass is 10.1. The van der Waals surface area contributed by atoms with Crippen LogP contribution < -0.4 is 9.47 Å². The van der Waals surface area contributed by atoms with Crippen LogP contribution in [0.15, 0.2) is 83.4 Å². The highest BCUT2D eigenvalue weighted by molar-refractivity contribution is 5.97. The summed E-state index contributed by atoms with van der Waals surface area (Å²) in [6.07, 6.45) is 1.02. The van der Waals surface area contributed by atoms with E-state index in [0.29, 0.717) is 34.7 Å². The summed E-state index contributed by atoms with van der Waals surface area (Å²) in [4.78, 5) is 17.1. The predicted molar refractivity (Wildman–Crippen MR) is 119 cm³/mol. The molecular weight excluding hydrogens is 404 g/mol. The first-order valence-corrected chi connectivity index (χ1v) is 10.5. The molecule has 6 heteroatoms. The topological polar surface area (TPSA) is 74.5 Å². The van der Waals surface area contributed by atoms with Gasteiger partial charge >= 0.3 is 0 Å². The average Bonchev–Trinajstić information content (AvgIpc) is 3.51. The van der Waals surface area contributed by atoms with Gasteiger partial charge in [0.05, 0.1) is 7.11 Å². The minimum atomic E-state index is -0.128. The molecule has 32 heavy (non-hydrogen) atoms. The van der Waals surface area contributed by atoms with Crippen LogP contribution in [0.4, 0.5) is 0 Å². The highest BCUT2D eigenvalue weighted by atomic mass is 16.5. The molecule has 5 rings (SSSR count). The largest absolute Gasteiger partial charge is 0.497 e. The second kappa shape index (κ2) is 8.67. The van der Waals surface area contributed by atoms with Crippen molar-refractivity contribution in [3.05, 3.63) is 95.9 Å². The molecule has 0 radical (unpaired) electrons. The molecular formula is C26H22N2O4. The molecule has 1 fully saturated rings. The number of carbonyl (C=O) groups is 1. The molecule has 0 aliphatic heterocycles. The van der Waals surface area contributed by atoms with Crippen molar-refractivity contribution in [3.8, 4) is 22.9 Å². The Kier molecular flexibility index (Phi) is 5.42. The third-order valence-corrected chi connectivity index (χ3v) is 5.63. The summed E-state index contributed by atoms with van der Waals surface area (Å²) in [5.74, 6) is 2.95. The fourth-order valence-electron chi connectivity index (χ4n) is 3.79. The lowest BCUT2D eigenvalue weighted by Crippen LogP contribution is -2.11. The summed E-state index contributed by atoms with van der Waals surface area (Å²) >= 11 is 0. The molecule has 3 aromatic carbocycles. The van der Waals surface area contributed by atoms with Crippen molar-refractivity contribution in [2.24, 2.45) is 0 Å². The quantitative estimate of drug-likeness (QED) is 0.357. The SMILES string of the molecule is COc1cccc(C(=O)COc2cccc(-c3noc(C4C[C@H]4c4ccccc4)n3)c2)c1. The summed E-state index contributed by atoms with van der Waals surface area (Å²) in [6.45, 7) is -0.0745. The van der Waals surface area contributed by atoms with E-state index in [9.17, 15) is 4.79 Å². The molecule has 1 aromatic heterocycles. The van der Waals surface area contributed by atoms with Crippen molar-refractivity contribution >= 4 is 5.78 Å². The number of hydrogen-bond acceptors (Lipinski definition) is 6. The van der Waals surface area contributed by atoms with Crippen LogP contribution in [0.1, 0.15) is 40.1 Å². The monoisotopic (exact) mass is 426 g/mol. The molecule has 0 bridgehead atoms. The molecule has 1 aliphatic carbocycles. The molecule has 1 aliphatic rings. The number of ketones is 1. The van der Waals surface area contributed by atoms with Gasteiger partial charge in [0.25, 0.3) is 0 Å². The van der Waals surface area contributed by atoms with Crippen molar-refractivity contribution in [3.63, 3.8) is 0 Å².